The number of nitrogens with one attached hydrogen (secondary N) is 1. The van der Waals surface area contributed by atoms with Crippen molar-refractivity contribution in [3.63, 3.8) is 0 Å². The van der Waals surface area contributed by atoms with Gasteiger partial charge in [-0.1, -0.05) is 19.9 Å². The number of carboxylic acid groups (broad SMARTS) is 1. The molecule has 1 aliphatic rings. The van der Waals surface area contributed by atoms with Gasteiger partial charge in [-0.25, -0.2) is 4.79 Å². The van der Waals surface area contributed by atoms with Gasteiger partial charge in [-0.15, -0.1) is 0 Å². The van der Waals surface area contributed by atoms with Crippen LogP contribution in [0.5, 0.6) is 0 Å². The number of rotatable bonds is 3. The van der Waals surface area contributed by atoms with Gasteiger partial charge in [0.25, 0.3) is 0 Å². The van der Waals surface area contributed by atoms with Crippen LogP contribution in [-0.2, 0) is 0 Å². The summed E-state index contributed by atoms with van der Waals surface area (Å²) in [6.45, 7) is 6.43. The first-order valence-corrected chi connectivity index (χ1v) is 7.74. The van der Waals surface area contributed by atoms with Gasteiger partial charge in [0, 0.05) is 17.5 Å². The molecule has 0 aromatic heterocycles. The Balaban J connectivity index is 2.23. The monoisotopic (exact) mass is 279 g/mol. The molecule has 1 atom stereocenters. The van der Waals surface area contributed by atoms with Gasteiger partial charge in [-0.2, -0.15) is 11.8 Å². The molecule has 1 fully saturated rings. The van der Waals surface area contributed by atoms with Crippen molar-refractivity contribution in [1.29, 1.82) is 0 Å². The molecule has 1 unspecified atom stereocenters. The van der Waals surface area contributed by atoms with E-state index in [1.165, 1.54) is 12.2 Å². The Kier molecular flexibility index (Phi) is 4.09. The van der Waals surface area contributed by atoms with Crippen LogP contribution in [0.25, 0.3) is 0 Å². The van der Waals surface area contributed by atoms with E-state index in [9.17, 15) is 4.79 Å². The minimum absolute atomic E-state index is 0.247. The number of hydrogen-bond donors (Lipinski definition) is 2. The van der Waals surface area contributed by atoms with Crippen molar-refractivity contribution in [1.82, 2.24) is 0 Å². The minimum atomic E-state index is -0.863. The first kappa shape index (κ1) is 14.3. The molecule has 104 valence electrons. The first-order valence-electron chi connectivity index (χ1n) is 6.59. The topological polar surface area (TPSA) is 49.3 Å². The van der Waals surface area contributed by atoms with Crippen LogP contribution in [0.2, 0.25) is 0 Å². The molecule has 3 nitrogen and oxygen atoms in total. The number of hydrogen-bond acceptors (Lipinski definition) is 3. The zero-order chi connectivity index (χ0) is 14.0. The lowest BCUT2D eigenvalue weighted by molar-refractivity contribution is 0.0696. The van der Waals surface area contributed by atoms with Crippen molar-refractivity contribution < 1.29 is 9.90 Å². The number of thioether (sulfide) groups is 1. The third-order valence-corrected chi connectivity index (χ3v) is 5.07. The van der Waals surface area contributed by atoms with E-state index in [1.54, 1.807) is 6.07 Å². The Hall–Kier alpha value is -1.16. The average molecular weight is 279 g/mol. The van der Waals surface area contributed by atoms with E-state index >= 15 is 0 Å². The minimum Gasteiger partial charge on any atom is -0.478 e. The molecule has 1 aromatic carbocycles. The second kappa shape index (κ2) is 5.45. The summed E-state index contributed by atoms with van der Waals surface area (Å²) in [5, 5.41) is 12.7. The third kappa shape index (κ3) is 3.06. The molecule has 0 amide bonds. The van der Waals surface area contributed by atoms with Crippen molar-refractivity contribution >= 4 is 23.4 Å². The first-order chi connectivity index (χ1) is 8.92. The van der Waals surface area contributed by atoms with Crippen LogP contribution in [0.15, 0.2) is 18.2 Å². The lowest BCUT2D eigenvalue weighted by atomic mass is 9.82. The van der Waals surface area contributed by atoms with Crippen molar-refractivity contribution in [3.8, 4) is 0 Å². The Labute approximate surface area is 118 Å². The molecule has 1 aliphatic heterocycles. The molecular formula is C15H21NO2S. The summed E-state index contributed by atoms with van der Waals surface area (Å²) in [5.74, 6) is 1.42. The van der Waals surface area contributed by atoms with Gasteiger partial charge in [-0.3, -0.25) is 0 Å². The van der Waals surface area contributed by atoms with Crippen LogP contribution in [0, 0.1) is 12.3 Å². The van der Waals surface area contributed by atoms with Gasteiger partial charge in [0.1, 0.15) is 0 Å². The quantitative estimate of drug-likeness (QED) is 0.887. The maximum Gasteiger partial charge on any atom is 0.336 e. The second-order valence-electron chi connectivity index (χ2n) is 5.79. The number of aromatic carboxylic acids is 1. The predicted molar refractivity (Wildman–Crippen MR) is 81.3 cm³/mol. The molecule has 4 heteroatoms. The highest BCUT2D eigenvalue weighted by Crippen LogP contribution is 2.36. The van der Waals surface area contributed by atoms with Gasteiger partial charge in [0.05, 0.1) is 5.56 Å². The molecule has 0 saturated carbocycles. The highest BCUT2D eigenvalue weighted by Gasteiger charge is 2.32. The Bertz CT molecular complexity index is 485. The maximum atomic E-state index is 11.2. The van der Waals surface area contributed by atoms with E-state index in [-0.39, 0.29) is 5.41 Å². The van der Waals surface area contributed by atoms with E-state index in [4.69, 9.17) is 5.11 Å². The van der Waals surface area contributed by atoms with Gasteiger partial charge in [0.2, 0.25) is 0 Å². The van der Waals surface area contributed by atoms with E-state index in [2.05, 4.69) is 19.2 Å². The van der Waals surface area contributed by atoms with Crippen LogP contribution in [0.3, 0.4) is 0 Å². The normalized spacial score (nSPS) is 21.9. The van der Waals surface area contributed by atoms with Crippen LogP contribution < -0.4 is 5.32 Å². The van der Waals surface area contributed by atoms with Gasteiger partial charge in [0.15, 0.2) is 0 Å². The third-order valence-electron chi connectivity index (χ3n) is 4.01. The molecule has 2 rings (SSSR count). The zero-order valence-electron chi connectivity index (χ0n) is 11.7. The molecule has 1 saturated heterocycles. The van der Waals surface area contributed by atoms with Crippen molar-refractivity contribution in [3.05, 3.63) is 29.3 Å². The smallest absolute Gasteiger partial charge is 0.336 e. The van der Waals surface area contributed by atoms with Crippen LogP contribution >= 0.6 is 11.8 Å². The molecular weight excluding hydrogens is 258 g/mol. The SMILES string of the molecule is Cc1c(NC2CSCCC2(C)C)cccc1C(=O)O. The molecule has 0 radical (unpaired) electrons. The van der Waals surface area contributed by atoms with E-state index in [0.29, 0.717) is 11.6 Å². The van der Waals surface area contributed by atoms with Crippen LogP contribution in [0.4, 0.5) is 5.69 Å². The van der Waals surface area contributed by atoms with Gasteiger partial charge in [-0.05, 0) is 42.2 Å². The highest BCUT2D eigenvalue weighted by molar-refractivity contribution is 7.99. The second-order valence-corrected chi connectivity index (χ2v) is 6.94. The summed E-state index contributed by atoms with van der Waals surface area (Å²) in [6.07, 6.45) is 1.19. The number of anilines is 1. The predicted octanol–water partition coefficient (Wildman–Crippen LogP) is 3.64. The Morgan fingerprint density at radius 3 is 2.84 bits per heavy atom. The largest absolute Gasteiger partial charge is 0.478 e. The molecule has 1 heterocycles. The average Bonchev–Trinajstić information content (AvgIpc) is 2.33. The number of benzene rings is 1. The maximum absolute atomic E-state index is 11.2. The van der Waals surface area contributed by atoms with Crippen molar-refractivity contribution in [2.45, 2.75) is 33.2 Å². The van der Waals surface area contributed by atoms with Crippen molar-refractivity contribution in [2.75, 3.05) is 16.8 Å². The summed E-state index contributed by atoms with van der Waals surface area (Å²) < 4.78 is 0. The summed E-state index contributed by atoms with van der Waals surface area (Å²) in [6, 6.07) is 5.82. The summed E-state index contributed by atoms with van der Waals surface area (Å²) >= 11 is 1.96. The number of carboxylic acids is 1. The number of carbonyl (C=O) groups is 1. The lowest BCUT2D eigenvalue weighted by Gasteiger charge is -2.39. The van der Waals surface area contributed by atoms with E-state index in [1.807, 2.05) is 30.8 Å². The fraction of sp³-hybridized carbons (Fsp3) is 0.533. The van der Waals surface area contributed by atoms with Crippen molar-refractivity contribution in [2.24, 2.45) is 5.41 Å². The van der Waals surface area contributed by atoms with E-state index < -0.39 is 5.97 Å². The molecule has 0 aliphatic carbocycles. The fourth-order valence-corrected chi connectivity index (χ4v) is 3.99. The van der Waals surface area contributed by atoms with Crippen LogP contribution in [0.1, 0.15) is 36.2 Å². The summed E-state index contributed by atoms with van der Waals surface area (Å²) in [5.41, 5.74) is 2.39. The van der Waals surface area contributed by atoms with Crippen LogP contribution in [-0.4, -0.2) is 28.6 Å². The highest BCUT2D eigenvalue weighted by atomic mass is 32.2. The molecule has 0 bridgehead atoms. The molecule has 19 heavy (non-hydrogen) atoms. The molecule has 0 spiro atoms. The Morgan fingerprint density at radius 1 is 1.47 bits per heavy atom. The molecule has 1 aromatic rings. The van der Waals surface area contributed by atoms with Gasteiger partial charge < -0.3 is 10.4 Å². The fourth-order valence-electron chi connectivity index (χ4n) is 2.38. The summed E-state index contributed by atoms with van der Waals surface area (Å²) in [7, 11) is 0. The summed E-state index contributed by atoms with van der Waals surface area (Å²) in [4.78, 5) is 11.2. The lowest BCUT2D eigenvalue weighted by Crippen LogP contribution is -2.41. The Morgan fingerprint density at radius 2 is 2.21 bits per heavy atom. The standard InChI is InChI=1S/C15H21NO2S/c1-10-11(14(17)18)5-4-6-12(10)16-13-9-19-8-7-15(13,2)3/h4-6,13,16H,7-9H2,1-3H3,(H,17,18). The van der Waals surface area contributed by atoms with E-state index in [0.717, 1.165) is 17.0 Å². The zero-order valence-corrected chi connectivity index (χ0v) is 12.5. The van der Waals surface area contributed by atoms with Gasteiger partial charge >= 0.3 is 5.97 Å². The molecule has 2 N–H and O–H groups in total.